The number of allylic oxidation sites excluding steroid dienone is 11. The summed E-state index contributed by atoms with van der Waals surface area (Å²) >= 11 is 0. The maximum Gasteiger partial charge on any atom is 0.220 e. The van der Waals surface area contributed by atoms with E-state index in [-0.39, 0.29) is 18.9 Å². The molecule has 1 amide bonds. The number of hydrogen-bond donors (Lipinski definition) is 9. The van der Waals surface area contributed by atoms with Gasteiger partial charge in [0.05, 0.1) is 32.0 Å². The zero-order valence-corrected chi connectivity index (χ0v) is 43.0. The van der Waals surface area contributed by atoms with E-state index in [1.807, 2.05) is 18.2 Å². The molecule has 0 bridgehead atoms. The van der Waals surface area contributed by atoms with Gasteiger partial charge in [-0.3, -0.25) is 4.79 Å². The Balaban J connectivity index is 1.83. The number of hydrogen-bond acceptors (Lipinski definition) is 13. The predicted octanol–water partition coefficient (Wildman–Crippen LogP) is 7.99. The lowest BCUT2D eigenvalue weighted by atomic mass is 9.97. The van der Waals surface area contributed by atoms with Crippen LogP contribution in [-0.4, -0.2) is 140 Å². The molecular formula is C56H97NO13. The molecule has 9 N–H and O–H groups in total. The van der Waals surface area contributed by atoms with Crippen LogP contribution in [-0.2, 0) is 23.7 Å². The molecule has 0 aliphatic carbocycles. The lowest BCUT2D eigenvalue weighted by Crippen LogP contribution is -2.65. The van der Waals surface area contributed by atoms with Gasteiger partial charge in [0.1, 0.15) is 48.8 Å². The molecule has 2 rings (SSSR count). The van der Waals surface area contributed by atoms with Gasteiger partial charge in [0, 0.05) is 6.42 Å². The topological polar surface area (TPSA) is 228 Å². The van der Waals surface area contributed by atoms with Crippen LogP contribution in [0.1, 0.15) is 181 Å². The third kappa shape index (κ3) is 28.0. The highest BCUT2D eigenvalue weighted by Crippen LogP contribution is 2.30. The smallest absolute Gasteiger partial charge is 0.220 e. The number of carbonyl (C=O) groups excluding carboxylic acids is 1. The second-order valence-electron chi connectivity index (χ2n) is 19.0. The van der Waals surface area contributed by atoms with Gasteiger partial charge in [-0.1, -0.05) is 189 Å². The summed E-state index contributed by atoms with van der Waals surface area (Å²) in [6.07, 6.45) is 36.9. The Hall–Kier alpha value is -2.57. The Morgan fingerprint density at radius 2 is 1.00 bits per heavy atom. The number of aliphatic hydroxyl groups is 8. The molecule has 2 heterocycles. The Bertz CT molecular complexity index is 1450. The standard InChI is InChI=1S/C56H97NO13/c1-3-5-7-9-11-13-15-17-18-19-20-21-22-23-24-25-26-28-29-31-33-35-37-39-45(60)44(57-48(61)40-38-36-34-32-30-27-16-14-12-10-8-6-4-2)43-67-55-53(66)51(64)54(47(42-59)69-55)70-56-52(65)50(63)49(62)46(41-58)68-56/h6,8,12,14,27,29-31,34,36-37,39,44-47,49-56,58-60,62-66H,3-5,7,9-11,13,15-26,28,32-33,35,38,40-43H2,1-2H3,(H,57,61)/b8-6-,14-12-,30-27-,31-29+,36-34-,39-37+. The van der Waals surface area contributed by atoms with Gasteiger partial charge in [0.15, 0.2) is 12.6 Å². The van der Waals surface area contributed by atoms with Gasteiger partial charge in [-0.05, 0) is 57.8 Å². The summed E-state index contributed by atoms with van der Waals surface area (Å²) in [5, 5.41) is 86.7. The third-order valence-electron chi connectivity index (χ3n) is 12.9. The van der Waals surface area contributed by atoms with Gasteiger partial charge in [-0.25, -0.2) is 0 Å². The van der Waals surface area contributed by atoms with Gasteiger partial charge in [-0.15, -0.1) is 0 Å². The van der Waals surface area contributed by atoms with Crippen molar-refractivity contribution in [2.24, 2.45) is 0 Å². The molecule has 2 aliphatic rings. The number of nitrogens with one attached hydrogen (secondary N) is 1. The van der Waals surface area contributed by atoms with Crippen molar-refractivity contribution in [3.63, 3.8) is 0 Å². The molecule has 0 spiro atoms. The van der Waals surface area contributed by atoms with Crippen molar-refractivity contribution in [1.29, 1.82) is 0 Å². The number of amides is 1. The zero-order valence-electron chi connectivity index (χ0n) is 43.0. The van der Waals surface area contributed by atoms with E-state index in [1.54, 1.807) is 6.08 Å². The van der Waals surface area contributed by atoms with Gasteiger partial charge in [0.25, 0.3) is 0 Å². The van der Waals surface area contributed by atoms with E-state index in [1.165, 1.54) is 109 Å². The second kappa shape index (κ2) is 41.9. The third-order valence-corrected chi connectivity index (χ3v) is 12.9. The molecule has 0 saturated carbocycles. The van der Waals surface area contributed by atoms with Crippen molar-refractivity contribution in [2.75, 3.05) is 19.8 Å². The van der Waals surface area contributed by atoms with E-state index in [2.05, 4.69) is 67.8 Å². The molecule has 0 aromatic carbocycles. The summed E-state index contributed by atoms with van der Waals surface area (Å²) < 4.78 is 22.6. The van der Waals surface area contributed by atoms with E-state index < -0.39 is 86.8 Å². The first kappa shape index (κ1) is 63.5. The molecule has 2 fully saturated rings. The highest BCUT2D eigenvalue weighted by atomic mass is 16.7. The Morgan fingerprint density at radius 3 is 1.56 bits per heavy atom. The number of carbonyl (C=O) groups is 1. The fraction of sp³-hybridized carbons (Fsp3) is 0.768. The van der Waals surface area contributed by atoms with E-state index in [0.717, 1.165) is 38.5 Å². The molecule has 2 aliphatic heterocycles. The number of unbranched alkanes of at least 4 members (excludes halogenated alkanes) is 18. The van der Waals surface area contributed by atoms with Crippen LogP contribution < -0.4 is 5.32 Å². The van der Waals surface area contributed by atoms with Crippen molar-refractivity contribution in [3.8, 4) is 0 Å². The van der Waals surface area contributed by atoms with Crippen LogP contribution in [0.4, 0.5) is 0 Å². The first-order valence-electron chi connectivity index (χ1n) is 27.2. The van der Waals surface area contributed by atoms with Gasteiger partial charge in [0.2, 0.25) is 5.91 Å². The summed E-state index contributed by atoms with van der Waals surface area (Å²) in [6, 6.07) is -0.972. The fourth-order valence-electron chi connectivity index (χ4n) is 8.49. The highest BCUT2D eigenvalue weighted by Gasteiger charge is 2.51. The fourth-order valence-corrected chi connectivity index (χ4v) is 8.49. The number of rotatable bonds is 41. The highest BCUT2D eigenvalue weighted by molar-refractivity contribution is 5.76. The Morgan fingerprint density at radius 1 is 0.529 bits per heavy atom. The predicted molar refractivity (Wildman–Crippen MR) is 277 cm³/mol. The Kier molecular flexibility index (Phi) is 38.0. The minimum absolute atomic E-state index is 0.149. The summed E-state index contributed by atoms with van der Waals surface area (Å²) in [7, 11) is 0. The van der Waals surface area contributed by atoms with Crippen molar-refractivity contribution >= 4 is 5.91 Å². The lowest BCUT2D eigenvalue weighted by molar-refractivity contribution is -0.359. The lowest BCUT2D eigenvalue weighted by Gasteiger charge is -2.46. The van der Waals surface area contributed by atoms with Crippen LogP contribution in [0.15, 0.2) is 72.9 Å². The SMILES string of the molecule is CC/C=C\C/C=C\C/C=C\C/C=C\CCC(=O)NC(COC1OC(CO)C(OC2OC(CO)C(O)C(O)C2O)C(O)C1O)C(O)/C=C/CC/C=C/CCCCCCCCCCCCCCCCCCC. The Labute approximate surface area is 421 Å². The van der Waals surface area contributed by atoms with E-state index in [9.17, 15) is 45.6 Å². The van der Waals surface area contributed by atoms with Gasteiger partial charge >= 0.3 is 0 Å². The molecule has 0 aromatic rings. The van der Waals surface area contributed by atoms with Crippen LogP contribution in [0.25, 0.3) is 0 Å². The molecule has 14 nitrogen and oxygen atoms in total. The molecule has 404 valence electrons. The van der Waals surface area contributed by atoms with Crippen molar-refractivity contribution in [3.05, 3.63) is 72.9 Å². The van der Waals surface area contributed by atoms with E-state index in [0.29, 0.717) is 12.8 Å². The van der Waals surface area contributed by atoms with Gasteiger partial charge < -0.3 is 65.1 Å². The molecule has 12 atom stereocenters. The maximum atomic E-state index is 13.1. The molecule has 0 radical (unpaired) electrons. The van der Waals surface area contributed by atoms with Crippen LogP contribution in [0.2, 0.25) is 0 Å². The first-order valence-corrected chi connectivity index (χ1v) is 27.2. The summed E-state index contributed by atoms with van der Waals surface area (Å²) in [5.41, 5.74) is 0. The number of ether oxygens (including phenoxy) is 4. The second-order valence-corrected chi connectivity index (χ2v) is 19.0. The molecule has 70 heavy (non-hydrogen) atoms. The quantitative estimate of drug-likeness (QED) is 0.0209. The van der Waals surface area contributed by atoms with Crippen LogP contribution in [0, 0.1) is 0 Å². The minimum atomic E-state index is -1.80. The van der Waals surface area contributed by atoms with Crippen LogP contribution in [0.3, 0.4) is 0 Å². The monoisotopic (exact) mass is 992 g/mol. The van der Waals surface area contributed by atoms with Gasteiger partial charge in [-0.2, -0.15) is 0 Å². The van der Waals surface area contributed by atoms with Crippen molar-refractivity contribution in [2.45, 2.75) is 254 Å². The van der Waals surface area contributed by atoms with E-state index in [4.69, 9.17) is 18.9 Å². The van der Waals surface area contributed by atoms with Crippen molar-refractivity contribution in [1.82, 2.24) is 5.32 Å². The van der Waals surface area contributed by atoms with Crippen molar-refractivity contribution < 1.29 is 64.6 Å². The molecule has 0 aromatic heterocycles. The normalized spacial score (nSPS) is 26.5. The average Bonchev–Trinajstić information content (AvgIpc) is 3.36. The van der Waals surface area contributed by atoms with Crippen LogP contribution >= 0.6 is 0 Å². The average molecular weight is 992 g/mol. The molecule has 12 unspecified atom stereocenters. The van der Waals surface area contributed by atoms with E-state index >= 15 is 0 Å². The summed E-state index contributed by atoms with van der Waals surface area (Å²) in [5.74, 6) is -0.331. The molecule has 2 saturated heterocycles. The molecular weight excluding hydrogens is 895 g/mol. The summed E-state index contributed by atoms with van der Waals surface area (Å²) in [4.78, 5) is 13.1. The maximum absolute atomic E-state index is 13.1. The summed E-state index contributed by atoms with van der Waals surface area (Å²) in [6.45, 7) is 2.59. The largest absolute Gasteiger partial charge is 0.394 e. The minimum Gasteiger partial charge on any atom is -0.394 e. The first-order chi connectivity index (χ1) is 34.1. The molecule has 14 heteroatoms. The van der Waals surface area contributed by atoms with Crippen LogP contribution in [0.5, 0.6) is 0 Å². The number of aliphatic hydroxyl groups excluding tert-OH is 8. The zero-order chi connectivity index (χ0) is 51.0.